The van der Waals surface area contributed by atoms with Gasteiger partial charge in [-0.15, -0.1) is 0 Å². The van der Waals surface area contributed by atoms with Gasteiger partial charge in [-0.2, -0.15) is 0 Å². The van der Waals surface area contributed by atoms with Crippen molar-refractivity contribution in [2.45, 2.75) is 24.1 Å². The van der Waals surface area contributed by atoms with Gasteiger partial charge in [-0.05, 0) is 49.9 Å². The molecule has 0 aliphatic rings. The van der Waals surface area contributed by atoms with Crippen molar-refractivity contribution in [3.8, 4) is 0 Å². The molecule has 0 N–H and O–H groups in total. The predicted octanol–water partition coefficient (Wildman–Crippen LogP) is 3.70. The number of halogens is 1. The molecule has 3 nitrogen and oxygen atoms in total. The highest BCUT2D eigenvalue weighted by atomic mass is 32.2. The summed E-state index contributed by atoms with van der Waals surface area (Å²) < 4.78 is 38.4. The summed E-state index contributed by atoms with van der Waals surface area (Å²) >= 11 is 0. The molecule has 0 aliphatic carbocycles. The second-order valence-corrected chi connectivity index (χ2v) is 6.68. The zero-order chi connectivity index (χ0) is 15.5. The molecule has 1 unspecified atom stereocenters. The zero-order valence-electron chi connectivity index (χ0n) is 11.8. The Kier molecular flexibility index (Phi) is 4.53. The number of hydrogen-bond acceptors (Lipinski definition) is 3. The molecule has 0 aromatic heterocycles. The van der Waals surface area contributed by atoms with E-state index in [0.717, 1.165) is 5.56 Å². The van der Waals surface area contributed by atoms with Crippen LogP contribution in [0.1, 0.15) is 23.4 Å². The van der Waals surface area contributed by atoms with E-state index in [9.17, 15) is 12.8 Å². The molecular weight excluding hydrogens is 289 g/mol. The maximum Gasteiger partial charge on any atom is 0.205 e. The first-order valence-electron chi connectivity index (χ1n) is 6.49. The lowest BCUT2D eigenvalue weighted by Crippen LogP contribution is -2.12. The Hall–Kier alpha value is -2.01. The number of hydrogen-bond donors (Lipinski definition) is 0. The summed E-state index contributed by atoms with van der Waals surface area (Å²) in [6, 6.07) is 12.0. The molecule has 0 radical (unpaired) electrons. The Morgan fingerprint density at radius 2 is 1.62 bits per heavy atom. The predicted molar refractivity (Wildman–Crippen MR) is 81.7 cm³/mol. The molecule has 0 bridgehead atoms. The van der Waals surface area contributed by atoms with Crippen molar-refractivity contribution in [2.75, 3.05) is 0 Å². The van der Waals surface area contributed by atoms with E-state index in [1.54, 1.807) is 31.2 Å². The average molecular weight is 305 g/mol. The lowest BCUT2D eigenvalue weighted by atomic mass is 10.2. The van der Waals surface area contributed by atoms with E-state index >= 15 is 0 Å². The van der Waals surface area contributed by atoms with E-state index in [-0.39, 0.29) is 4.90 Å². The van der Waals surface area contributed by atoms with Gasteiger partial charge in [-0.1, -0.05) is 29.8 Å². The third kappa shape index (κ3) is 3.36. The highest BCUT2D eigenvalue weighted by Crippen LogP contribution is 2.30. The van der Waals surface area contributed by atoms with E-state index in [1.807, 2.05) is 6.92 Å². The molecule has 21 heavy (non-hydrogen) atoms. The Labute approximate surface area is 124 Å². The fourth-order valence-corrected chi connectivity index (χ4v) is 3.54. The van der Waals surface area contributed by atoms with Crippen molar-refractivity contribution in [3.63, 3.8) is 0 Å². The first kappa shape index (κ1) is 15.4. The molecule has 0 aliphatic heterocycles. The topological polar surface area (TPSA) is 46.5 Å². The average Bonchev–Trinajstić information content (AvgIpc) is 2.46. The van der Waals surface area contributed by atoms with Gasteiger partial charge in [0.05, 0.1) is 4.90 Å². The minimum absolute atomic E-state index is 0.202. The van der Waals surface area contributed by atoms with Crippen LogP contribution in [-0.2, 0) is 9.84 Å². The fraction of sp³-hybridized carbons (Fsp3) is 0.188. The quantitative estimate of drug-likeness (QED) is 0.809. The molecule has 0 spiro atoms. The first-order valence-corrected chi connectivity index (χ1v) is 8.03. The molecule has 0 saturated heterocycles. The monoisotopic (exact) mass is 305 g/mol. The second kappa shape index (κ2) is 6.18. The van der Waals surface area contributed by atoms with Gasteiger partial charge in [0.2, 0.25) is 9.84 Å². The Balaban J connectivity index is 2.51. The van der Waals surface area contributed by atoms with Crippen LogP contribution in [0.3, 0.4) is 0 Å². The normalized spacial score (nSPS) is 13.5. The first-order chi connectivity index (χ1) is 9.95. The summed E-state index contributed by atoms with van der Waals surface area (Å²) in [4.78, 5) is 4.26. The van der Waals surface area contributed by atoms with Crippen molar-refractivity contribution in [1.82, 2.24) is 0 Å². The van der Waals surface area contributed by atoms with Crippen LogP contribution >= 0.6 is 0 Å². The summed E-state index contributed by atoms with van der Waals surface area (Å²) in [6.07, 6.45) is 1.44. The van der Waals surface area contributed by atoms with Crippen molar-refractivity contribution in [3.05, 3.63) is 65.5 Å². The lowest BCUT2D eigenvalue weighted by molar-refractivity contribution is 0.583. The molecule has 0 saturated carbocycles. The van der Waals surface area contributed by atoms with Crippen LogP contribution in [0.2, 0.25) is 0 Å². The Morgan fingerprint density at radius 3 is 2.14 bits per heavy atom. The third-order valence-electron chi connectivity index (χ3n) is 3.08. The van der Waals surface area contributed by atoms with Crippen LogP contribution in [0, 0.1) is 12.7 Å². The standard InChI is InChI=1S/C16H16FNO2S/c1-3-18-16(13-6-8-14(17)9-7-13)21(19,20)15-10-4-12(2)5-11-15/h3-11,16H,1-2H3. The van der Waals surface area contributed by atoms with Gasteiger partial charge in [-0.3, -0.25) is 4.99 Å². The summed E-state index contributed by atoms with van der Waals surface area (Å²) in [5.41, 5.74) is 1.42. The molecule has 0 amide bonds. The largest absolute Gasteiger partial charge is 0.273 e. The minimum Gasteiger partial charge on any atom is -0.273 e. The maximum atomic E-state index is 13.0. The van der Waals surface area contributed by atoms with Crippen LogP contribution in [0.4, 0.5) is 4.39 Å². The van der Waals surface area contributed by atoms with E-state index in [4.69, 9.17) is 0 Å². The van der Waals surface area contributed by atoms with E-state index < -0.39 is 21.0 Å². The maximum absolute atomic E-state index is 13.0. The fourth-order valence-electron chi connectivity index (χ4n) is 1.96. The van der Waals surface area contributed by atoms with Crippen molar-refractivity contribution in [2.24, 2.45) is 4.99 Å². The van der Waals surface area contributed by atoms with Crippen LogP contribution in [-0.4, -0.2) is 14.6 Å². The molecule has 0 heterocycles. The van der Waals surface area contributed by atoms with E-state index in [2.05, 4.69) is 4.99 Å². The molecular formula is C16H16FNO2S. The number of sulfone groups is 1. The smallest absolute Gasteiger partial charge is 0.205 e. The van der Waals surface area contributed by atoms with Gasteiger partial charge in [0.1, 0.15) is 5.82 Å². The highest BCUT2D eigenvalue weighted by molar-refractivity contribution is 7.91. The number of rotatable bonds is 4. The molecule has 0 fully saturated rings. The van der Waals surface area contributed by atoms with Crippen LogP contribution in [0.5, 0.6) is 0 Å². The Morgan fingerprint density at radius 1 is 1.05 bits per heavy atom. The molecule has 2 aromatic rings. The molecule has 110 valence electrons. The molecule has 1 atom stereocenters. The van der Waals surface area contributed by atoms with Gasteiger partial charge in [-0.25, -0.2) is 12.8 Å². The molecule has 2 aromatic carbocycles. The van der Waals surface area contributed by atoms with E-state index in [0.29, 0.717) is 5.56 Å². The zero-order valence-corrected chi connectivity index (χ0v) is 12.6. The SMILES string of the molecule is CC=NC(c1ccc(F)cc1)S(=O)(=O)c1ccc(C)cc1. The van der Waals surface area contributed by atoms with Crippen molar-refractivity contribution < 1.29 is 12.8 Å². The second-order valence-electron chi connectivity index (χ2n) is 4.67. The van der Waals surface area contributed by atoms with Crippen LogP contribution in [0.15, 0.2) is 58.4 Å². The van der Waals surface area contributed by atoms with Crippen LogP contribution in [0.25, 0.3) is 0 Å². The van der Waals surface area contributed by atoms with Gasteiger partial charge >= 0.3 is 0 Å². The molecule has 2 rings (SSSR count). The summed E-state index contributed by atoms with van der Waals surface area (Å²) in [5, 5.41) is -1.06. The van der Waals surface area contributed by atoms with E-state index in [1.165, 1.54) is 30.5 Å². The Bertz CT molecular complexity index is 735. The van der Waals surface area contributed by atoms with Gasteiger partial charge < -0.3 is 0 Å². The van der Waals surface area contributed by atoms with Crippen molar-refractivity contribution >= 4 is 16.1 Å². The van der Waals surface area contributed by atoms with Gasteiger partial charge in [0, 0.05) is 0 Å². The van der Waals surface area contributed by atoms with Gasteiger partial charge in [0.15, 0.2) is 5.37 Å². The van der Waals surface area contributed by atoms with Crippen LogP contribution < -0.4 is 0 Å². The highest BCUT2D eigenvalue weighted by Gasteiger charge is 2.28. The summed E-state index contributed by atoms with van der Waals surface area (Å²) in [7, 11) is -3.67. The third-order valence-corrected chi connectivity index (χ3v) is 4.99. The molecule has 5 heteroatoms. The van der Waals surface area contributed by atoms with Gasteiger partial charge in [0.25, 0.3) is 0 Å². The lowest BCUT2D eigenvalue weighted by Gasteiger charge is -2.14. The number of aryl methyl sites for hydroxylation is 1. The van der Waals surface area contributed by atoms with Crippen molar-refractivity contribution in [1.29, 1.82) is 0 Å². The minimum atomic E-state index is -3.67. The summed E-state index contributed by atoms with van der Waals surface area (Å²) in [5.74, 6) is -0.411. The number of aliphatic imine (C=N–C) groups is 1. The summed E-state index contributed by atoms with van der Waals surface area (Å²) in [6.45, 7) is 3.54. The number of benzene rings is 2. The number of nitrogens with zero attached hydrogens (tertiary/aromatic N) is 1.